The minimum Gasteiger partial charge on any atom is -0.345 e. The Hall–Kier alpha value is -1.84. The normalized spacial score (nSPS) is 12.2. The third-order valence-electron chi connectivity index (χ3n) is 4.29. The Morgan fingerprint density at radius 3 is 2.42 bits per heavy atom. The molecular weight excluding hydrogens is 320 g/mol. The molecule has 1 N–H and O–H groups in total. The van der Waals surface area contributed by atoms with E-state index in [9.17, 15) is 4.79 Å². The van der Waals surface area contributed by atoms with Gasteiger partial charge in [-0.15, -0.1) is 0 Å². The molecule has 128 valence electrons. The Kier molecular flexibility index (Phi) is 6.41. The lowest BCUT2D eigenvalue weighted by molar-refractivity contribution is 0.0932. The van der Waals surface area contributed by atoms with Gasteiger partial charge >= 0.3 is 0 Å². The second-order valence-electron chi connectivity index (χ2n) is 6.42. The molecule has 2 aromatic rings. The van der Waals surface area contributed by atoms with Gasteiger partial charge in [0.2, 0.25) is 0 Å². The molecular formula is C20H25ClN2O. The lowest BCUT2D eigenvalue weighted by Gasteiger charge is -2.22. The molecule has 0 aliphatic carbocycles. The van der Waals surface area contributed by atoms with Gasteiger partial charge in [0, 0.05) is 10.6 Å². The first-order chi connectivity index (χ1) is 11.4. The van der Waals surface area contributed by atoms with E-state index < -0.39 is 0 Å². The van der Waals surface area contributed by atoms with Crippen molar-refractivity contribution < 1.29 is 4.79 Å². The molecule has 0 fully saturated rings. The van der Waals surface area contributed by atoms with Crippen LogP contribution >= 0.6 is 11.6 Å². The van der Waals surface area contributed by atoms with E-state index in [4.69, 9.17) is 11.6 Å². The first kappa shape index (κ1) is 18.5. The monoisotopic (exact) mass is 344 g/mol. The molecule has 2 aromatic carbocycles. The van der Waals surface area contributed by atoms with Crippen LogP contribution < -0.4 is 5.32 Å². The van der Waals surface area contributed by atoms with Crippen LogP contribution in [0.1, 0.15) is 39.5 Å². The number of amides is 1. The second kappa shape index (κ2) is 8.32. The van der Waals surface area contributed by atoms with Crippen LogP contribution in [0.25, 0.3) is 0 Å². The van der Waals surface area contributed by atoms with Gasteiger partial charge in [-0.2, -0.15) is 0 Å². The molecule has 0 aliphatic rings. The molecule has 1 amide bonds. The average molecular weight is 345 g/mol. The third kappa shape index (κ3) is 4.83. The Labute approximate surface area is 149 Å². The van der Waals surface area contributed by atoms with Crippen LogP contribution in [0.5, 0.6) is 0 Å². The van der Waals surface area contributed by atoms with Gasteiger partial charge in [0.25, 0.3) is 5.91 Å². The molecule has 4 heteroatoms. The fourth-order valence-electron chi connectivity index (χ4n) is 2.64. The molecule has 0 spiro atoms. The van der Waals surface area contributed by atoms with E-state index in [1.54, 1.807) is 0 Å². The highest BCUT2D eigenvalue weighted by Crippen LogP contribution is 2.21. The fraction of sp³-hybridized carbons (Fsp3) is 0.350. The Morgan fingerprint density at radius 2 is 1.79 bits per heavy atom. The minimum absolute atomic E-state index is 0.0325. The van der Waals surface area contributed by atoms with Crippen molar-refractivity contribution in [3.05, 3.63) is 69.7 Å². The standard InChI is InChI=1S/C20H25ClN2O/c1-14-6-5-7-18(15(14)2)20(24)22-19(12-13-23(3)4)16-8-10-17(21)11-9-16/h5-11,19H,12-13H2,1-4H3,(H,22,24)/t19-/m0/s1. The summed E-state index contributed by atoms with van der Waals surface area (Å²) in [7, 11) is 4.07. The summed E-state index contributed by atoms with van der Waals surface area (Å²) >= 11 is 5.99. The molecule has 0 aromatic heterocycles. The number of aryl methyl sites for hydroxylation is 1. The van der Waals surface area contributed by atoms with E-state index >= 15 is 0 Å². The number of halogens is 1. The molecule has 0 saturated heterocycles. The topological polar surface area (TPSA) is 32.3 Å². The lowest BCUT2D eigenvalue weighted by Crippen LogP contribution is -2.31. The Bertz CT molecular complexity index is 695. The van der Waals surface area contributed by atoms with Crippen molar-refractivity contribution in [1.29, 1.82) is 0 Å². The lowest BCUT2D eigenvalue weighted by atomic mass is 10.00. The highest BCUT2D eigenvalue weighted by molar-refractivity contribution is 6.30. The molecule has 0 aliphatic heterocycles. The van der Waals surface area contributed by atoms with Gasteiger partial charge < -0.3 is 10.2 Å². The molecule has 24 heavy (non-hydrogen) atoms. The van der Waals surface area contributed by atoms with E-state index in [1.807, 2.05) is 70.4 Å². The number of hydrogen-bond donors (Lipinski definition) is 1. The van der Waals surface area contributed by atoms with Crippen LogP contribution in [0.2, 0.25) is 5.02 Å². The minimum atomic E-state index is -0.0444. The van der Waals surface area contributed by atoms with E-state index in [0.717, 1.165) is 35.2 Å². The van der Waals surface area contributed by atoms with Gasteiger partial charge in [-0.05, 0) is 75.8 Å². The van der Waals surface area contributed by atoms with Gasteiger partial charge in [-0.25, -0.2) is 0 Å². The van der Waals surface area contributed by atoms with Crippen LogP contribution in [0.4, 0.5) is 0 Å². The summed E-state index contributed by atoms with van der Waals surface area (Å²) in [5.41, 5.74) is 3.95. The second-order valence-corrected chi connectivity index (χ2v) is 6.85. The van der Waals surface area contributed by atoms with E-state index in [0.29, 0.717) is 5.02 Å². The summed E-state index contributed by atoms with van der Waals surface area (Å²) < 4.78 is 0. The largest absolute Gasteiger partial charge is 0.345 e. The smallest absolute Gasteiger partial charge is 0.252 e. The molecule has 3 nitrogen and oxygen atoms in total. The SMILES string of the molecule is Cc1cccc(C(=O)N[C@@H](CCN(C)C)c2ccc(Cl)cc2)c1C. The van der Waals surface area contributed by atoms with Crippen molar-refractivity contribution in [3.8, 4) is 0 Å². The van der Waals surface area contributed by atoms with Crippen LogP contribution in [0.3, 0.4) is 0 Å². The van der Waals surface area contributed by atoms with E-state index in [-0.39, 0.29) is 11.9 Å². The van der Waals surface area contributed by atoms with Crippen molar-refractivity contribution in [2.45, 2.75) is 26.3 Å². The van der Waals surface area contributed by atoms with Crippen molar-refractivity contribution in [2.75, 3.05) is 20.6 Å². The highest BCUT2D eigenvalue weighted by Gasteiger charge is 2.17. The molecule has 2 rings (SSSR count). The van der Waals surface area contributed by atoms with Gasteiger partial charge in [-0.1, -0.05) is 35.9 Å². The van der Waals surface area contributed by atoms with Crippen molar-refractivity contribution in [3.63, 3.8) is 0 Å². The van der Waals surface area contributed by atoms with Gasteiger partial charge in [0.15, 0.2) is 0 Å². The maximum absolute atomic E-state index is 12.8. The molecule has 0 unspecified atom stereocenters. The number of carbonyl (C=O) groups is 1. The zero-order valence-electron chi connectivity index (χ0n) is 14.8. The molecule has 0 heterocycles. The first-order valence-corrected chi connectivity index (χ1v) is 8.53. The van der Waals surface area contributed by atoms with Crippen LogP contribution in [0.15, 0.2) is 42.5 Å². The number of benzene rings is 2. The quantitative estimate of drug-likeness (QED) is 0.843. The molecule has 1 atom stereocenters. The van der Waals surface area contributed by atoms with E-state index in [1.165, 1.54) is 0 Å². The third-order valence-corrected chi connectivity index (χ3v) is 4.54. The summed E-state index contributed by atoms with van der Waals surface area (Å²) in [5.74, 6) is -0.0325. The summed E-state index contributed by atoms with van der Waals surface area (Å²) in [6.45, 7) is 4.90. The number of nitrogens with zero attached hydrogens (tertiary/aromatic N) is 1. The molecule has 0 bridgehead atoms. The zero-order valence-corrected chi connectivity index (χ0v) is 15.5. The summed E-state index contributed by atoms with van der Waals surface area (Å²) in [5, 5.41) is 3.88. The maximum Gasteiger partial charge on any atom is 0.252 e. The Morgan fingerprint density at radius 1 is 1.12 bits per heavy atom. The number of carbonyl (C=O) groups excluding carboxylic acids is 1. The van der Waals surface area contributed by atoms with E-state index in [2.05, 4.69) is 10.2 Å². The number of rotatable bonds is 6. The predicted molar refractivity (Wildman–Crippen MR) is 101 cm³/mol. The van der Waals surface area contributed by atoms with Gasteiger partial charge in [-0.3, -0.25) is 4.79 Å². The summed E-state index contributed by atoms with van der Waals surface area (Å²) in [6.07, 6.45) is 0.839. The number of nitrogens with one attached hydrogen (secondary N) is 1. The van der Waals surface area contributed by atoms with Gasteiger partial charge in [0.05, 0.1) is 6.04 Å². The van der Waals surface area contributed by atoms with Crippen molar-refractivity contribution in [2.24, 2.45) is 0 Å². The number of hydrogen-bond acceptors (Lipinski definition) is 2. The average Bonchev–Trinajstić information content (AvgIpc) is 2.54. The maximum atomic E-state index is 12.8. The summed E-state index contributed by atoms with van der Waals surface area (Å²) in [6, 6.07) is 13.5. The highest BCUT2D eigenvalue weighted by atomic mass is 35.5. The fourth-order valence-corrected chi connectivity index (χ4v) is 2.76. The predicted octanol–water partition coefficient (Wildman–Crippen LogP) is 4.38. The Balaban J connectivity index is 2.22. The zero-order chi connectivity index (χ0) is 17.7. The molecule has 0 saturated carbocycles. The van der Waals surface area contributed by atoms with Crippen LogP contribution in [0, 0.1) is 13.8 Å². The first-order valence-electron chi connectivity index (χ1n) is 8.15. The van der Waals surface area contributed by atoms with Gasteiger partial charge in [0.1, 0.15) is 0 Å². The summed E-state index contributed by atoms with van der Waals surface area (Å²) in [4.78, 5) is 14.9. The van der Waals surface area contributed by atoms with Crippen molar-refractivity contribution in [1.82, 2.24) is 10.2 Å². The van der Waals surface area contributed by atoms with Crippen LogP contribution in [-0.2, 0) is 0 Å². The van der Waals surface area contributed by atoms with Crippen LogP contribution in [-0.4, -0.2) is 31.4 Å². The van der Waals surface area contributed by atoms with Crippen molar-refractivity contribution >= 4 is 17.5 Å². The molecule has 0 radical (unpaired) electrons.